The first kappa shape index (κ1) is 11.0. The van der Waals surface area contributed by atoms with Crippen LogP contribution in [0.2, 0.25) is 0 Å². The molecule has 2 rings (SSSR count). The van der Waals surface area contributed by atoms with Crippen molar-refractivity contribution in [2.75, 3.05) is 0 Å². The first-order valence-corrected chi connectivity index (χ1v) is 6.06. The van der Waals surface area contributed by atoms with E-state index in [1.165, 1.54) is 0 Å². The van der Waals surface area contributed by atoms with E-state index >= 15 is 0 Å². The van der Waals surface area contributed by atoms with E-state index in [0.717, 1.165) is 16.7 Å². The average Bonchev–Trinajstić information content (AvgIpc) is 2.29. The van der Waals surface area contributed by atoms with E-state index < -0.39 is 11.1 Å². The van der Waals surface area contributed by atoms with E-state index in [9.17, 15) is 8.76 Å². The van der Waals surface area contributed by atoms with Crippen molar-refractivity contribution in [1.82, 2.24) is 0 Å². The molecule has 0 spiro atoms. The molecule has 1 atom stereocenters. The third-order valence-electron chi connectivity index (χ3n) is 2.49. The highest BCUT2D eigenvalue weighted by Crippen LogP contribution is 2.28. The van der Waals surface area contributed by atoms with Crippen molar-refractivity contribution in [3.63, 3.8) is 0 Å². The lowest BCUT2D eigenvalue weighted by molar-refractivity contribution is 0.564. The molecule has 0 aromatic heterocycles. The van der Waals surface area contributed by atoms with Gasteiger partial charge in [0.05, 0.1) is 4.90 Å². The molecule has 1 unspecified atom stereocenters. The Morgan fingerprint density at radius 2 is 1.69 bits per heavy atom. The third kappa shape index (κ3) is 2.05. The summed E-state index contributed by atoms with van der Waals surface area (Å²) in [5.74, 6) is 0. The predicted octanol–water partition coefficient (Wildman–Crippen LogP) is 3.24. The SMILES string of the molecule is Cc1cccc(S(=O)O)c1-c1ccccc1. The van der Waals surface area contributed by atoms with Crippen LogP contribution in [0.25, 0.3) is 11.1 Å². The molecule has 2 aromatic carbocycles. The molecule has 0 aliphatic carbocycles. The van der Waals surface area contributed by atoms with Crippen LogP contribution in [0.5, 0.6) is 0 Å². The normalized spacial score (nSPS) is 12.4. The van der Waals surface area contributed by atoms with Gasteiger partial charge in [0.2, 0.25) is 0 Å². The number of aryl methyl sites for hydroxylation is 1. The summed E-state index contributed by atoms with van der Waals surface area (Å²) in [7, 11) is 0. The lowest BCUT2D eigenvalue weighted by atomic mass is 10.0. The highest BCUT2D eigenvalue weighted by Gasteiger charge is 2.11. The van der Waals surface area contributed by atoms with E-state index in [1.807, 2.05) is 43.3 Å². The molecule has 2 aromatic rings. The molecule has 0 amide bonds. The van der Waals surface area contributed by atoms with Gasteiger partial charge in [0.25, 0.3) is 0 Å². The second-order valence-corrected chi connectivity index (χ2v) is 4.50. The van der Waals surface area contributed by atoms with Gasteiger partial charge >= 0.3 is 0 Å². The van der Waals surface area contributed by atoms with Gasteiger partial charge in [0.15, 0.2) is 11.1 Å². The Bertz CT molecular complexity index is 521. The molecule has 0 saturated carbocycles. The summed E-state index contributed by atoms with van der Waals surface area (Å²) in [6, 6.07) is 15.1. The molecule has 0 aliphatic heterocycles. The van der Waals surface area contributed by atoms with Crippen molar-refractivity contribution in [2.45, 2.75) is 11.8 Å². The molecule has 0 bridgehead atoms. The number of benzene rings is 2. The van der Waals surface area contributed by atoms with Gasteiger partial charge in [0, 0.05) is 5.56 Å². The number of hydrogen-bond donors (Lipinski definition) is 1. The standard InChI is InChI=1S/C13H12O2S/c1-10-6-5-9-12(16(14)15)13(10)11-7-3-2-4-8-11/h2-9H,1H3,(H,14,15). The Morgan fingerprint density at radius 3 is 2.31 bits per heavy atom. The predicted molar refractivity (Wildman–Crippen MR) is 65.7 cm³/mol. The fourth-order valence-electron chi connectivity index (χ4n) is 1.76. The second-order valence-electron chi connectivity index (χ2n) is 3.56. The van der Waals surface area contributed by atoms with Crippen LogP contribution in [-0.4, -0.2) is 8.76 Å². The van der Waals surface area contributed by atoms with Crippen molar-refractivity contribution in [3.8, 4) is 11.1 Å². The smallest absolute Gasteiger partial charge is 0.187 e. The molecule has 3 heteroatoms. The zero-order valence-corrected chi connectivity index (χ0v) is 9.70. The van der Waals surface area contributed by atoms with E-state index in [2.05, 4.69) is 0 Å². The van der Waals surface area contributed by atoms with Gasteiger partial charge in [-0.25, -0.2) is 4.21 Å². The van der Waals surface area contributed by atoms with E-state index in [0.29, 0.717) is 4.90 Å². The van der Waals surface area contributed by atoms with E-state index in [1.54, 1.807) is 12.1 Å². The molecule has 1 N–H and O–H groups in total. The summed E-state index contributed by atoms with van der Waals surface area (Å²) in [5, 5.41) is 0. The van der Waals surface area contributed by atoms with Crippen LogP contribution >= 0.6 is 0 Å². The minimum atomic E-state index is -1.95. The van der Waals surface area contributed by atoms with Gasteiger partial charge in [-0.1, -0.05) is 42.5 Å². The maximum Gasteiger partial charge on any atom is 0.187 e. The molecule has 82 valence electrons. The van der Waals surface area contributed by atoms with Crippen LogP contribution < -0.4 is 0 Å². The minimum Gasteiger partial charge on any atom is -0.302 e. The Kier molecular flexibility index (Phi) is 3.17. The lowest BCUT2D eigenvalue weighted by Crippen LogP contribution is -1.95. The van der Waals surface area contributed by atoms with Crippen molar-refractivity contribution in [3.05, 3.63) is 54.1 Å². The van der Waals surface area contributed by atoms with Gasteiger partial charge in [-0.05, 0) is 24.1 Å². The van der Waals surface area contributed by atoms with E-state index in [4.69, 9.17) is 0 Å². The highest BCUT2D eigenvalue weighted by atomic mass is 32.2. The Labute approximate surface area is 97.2 Å². The Balaban J connectivity index is 2.68. The van der Waals surface area contributed by atoms with Crippen molar-refractivity contribution < 1.29 is 8.76 Å². The van der Waals surface area contributed by atoms with Crippen molar-refractivity contribution in [2.24, 2.45) is 0 Å². The zero-order chi connectivity index (χ0) is 11.5. The lowest BCUT2D eigenvalue weighted by Gasteiger charge is -2.09. The summed E-state index contributed by atoms with van der Waals surface area (Å²) in [4.78, 5) is 0.464. The third-order valence-corrected chi connectivity index (χ3v) is 3.20. The van der Waals surface area contributed by atoms with Crippen LogP contribution in [0.4, 0.5) is 0 Å². The topological polar surface area (TPSA) is 37.3 Å². The molecule has 0 fully saturated rings. The minimum absolute atomic E-state index is 0.464. The number of rotatable bonds is 2. The van der Waals surface area contributed by atoms with Gasteiger partial charge in [-0.2, -0.15) is 0 Å². The largest absolute Gasteiger partial charge is 0.302 e. The Morgan fingerprint density at radius 1 is 1.00 bits per heavy atom. The molecule has 0 radical (unpaired) electrons. The fourth-order valence-corrected chi connectivity index (χ4v) is 2.41. The maximum absolute atomic E-state index is 11.3. The zero-order valence-electron chi connectivity index (χ0n) is 8.88. The molecule has 0 heterocycles. The van der Waals surface area contributed by atoms with Crippen LogP contribution in [0.3, 0.4) is 0 Å². The summed E-state index contributed by atoms with van der Waals surface area (Å²) in [5.41, 5.74) is 2.83. The molecule has 2 nitrogen and oxygen atoms in total. The van der Waals surface area contributed by atoms with Crippen molar-refractivity contribution >= 4 is 11.1 Å². The van der Waals surface area contributed by atoms with Crippen LogP contribution in [0.1, 0.15) is 5.56 Å². The van der Waals surface area contributed by atoms with Crippen LogP contribution in [0, 0.1) is 6.92 Å². The molecule has 0 aliphatic rings. The van der Waals surface area contributed by atoms with Gasteiger partial charge in [-0.3, -0.25) is 0 Å². The number of hydrogen-bond acceptors (Lipinski definition) is 1. The first-order valence-electron chi connectivity index (χ1n) is 4.96. The van der Waals surface area contributed by atoms with Crippen molar-refractivity contribution in [1.29, 1.82) is 0 Å². The summed E-state index contributed by atoms with van der Waals surface area (Å²) >= 11 is -1.95. The molecule has 16 heavy (non-hydrogen) atoms. The molecular formula is C13H12O2S. The monoisotopic (exact) mass is 232 g/mol. The van der Waals surface area contributed by atoms with Gasteiger partial charge in [-0.15, -0.1) is 0 Å². The fraction of sp³-hybridized carbons (Fsp3) is 0.0769. The second kappa shape index (κ2) is 4.60. The first-order chi connectivity index (χ1) is 7.70. The maximum atomic E-state index is 11.3. The summed E-state index contributed by atoms with van der Waals surface area (Å²) in [6.07, 6.45) is 0. The molecule has 0 saturated heterocycles. The quantitative estimate of drug-likeness (QED) is 0.807. The van der Waals surface area contributed by atoms with Gasteiger partial charge in [0.1, 0.15) is 0 Å². The van der Waals surface area contributed by atoms with Crippen LogP contribution in [0.15, 0.2) is 53.4 Å². The average molecular weight is 232 g/mol. The summed E-state index contributed by atoms with van der Waals surface area (Å²) < 4.78 is 20.5. The van der Waals surface area contributed by atoms with Gasteiger partial charge < -0.3 is 4.55 Å². The summed E-state index contributed by atoms with van der Waals surface area (Å²) in [6.45, 7) is 1.94. The van der Waals surface area contributed by atoms with E-state index in [-0.39, 0.29) is 0 Å². The molecular weight excluding hydrogens is 220 g/mol. The van der Waals surface area contributed by atoms with Crippen LogP contribution in [-0.2, 0) is 11.1 Å². The Hall–Kier alpha value is -1.45. The highest BCUT2D eigenvalue weighted by molar-refractivity contribution is 7.79.